The summed E-state index contributed by atoms with van der Waals surface area (Å²) in [6.07, 6.45) is 7.04. The second-order valence-corrected chi connectivity index (χ2v) is 3.39. The molecular formula is C11H17N3. The van der Waals surface area contributed by atoms with Crippen molar-refractivity contribution < 1.29 is 0 Å². The topological polar surface area (TPSA) is 29.9 Å². The maximum absolute atomic E-state index is 5.16. The van der Waals surface area contributed by atoms with E-state index in [4.69, 9.17) is 6.42 Å². The summed E-state index contributed by atoms with van der Waals surface area (Å²) < 4.78 is 1.91. The molecule has 0 spiro atoms. The molecule has 0 saturated carbocycles. The van der Waals surface area contributed by atoms with Crippen molar-refractivity contribution in [3.63, 3.8) is 0 Å². The average Bonchev–Trinajstić information content (AvgIpc) is 2.45. The molecule has 3 nitrogen and oxygen atoms in total. The highest BCUT2D eigenvalue weighted by Gasteiger charge is 1.99. The van der Waals surface area contributed by atoms with Gasteiger partial charge in [-0.05, 0) is 26.0 Å². The van der Waals surface area contributed by atoms with Crippen LogP contribution >= 0.6 is 0 Å². The van der Waals surface area contributed by atoms with Crippen LogP contribution in [0.1, 0.15) is 24.2 Å². The van der Waals surface area contributed by atoms with Crippen molar-refractivity contribution in [2.24, 2.45) is 7.05 Å². The smallest absolute Gasteiger partial charge is 0.0597 e. The Kier molecular flexibility index (Phi) is 4.21. The van der Waals surface area contributed by atoms with Gasteiger partial charge in [-0.25, -0.2) is 0 Å². The molecule has 0 aromatic carbocycles. The maximum Gasteiger partial charge on any atom is 0.0597 e. The third-order valence-corrected chi connectivity index (χ3v) is 2.08. The largest absolute Gasteiger partial charge is 0.311 e. The Bertz CT molecular complexity index is 320. The molecule has 0 bridgehead atoms. The normalized spacial score (nSPS) is 10.1. The number of nitrogens with one attached hydrogen (secondary N) is 1. The zero-order valence-corrected chi connectivity index (χ0v) is 8.88. The molecule has 0 radical (unpaired) electrons. The van der Waals surface area contributed by atoms with E-state index in [1.807, 2.05) is 18.7 Å². The number of hydrogen-bond acceptors (Lipinski definition) is 2. The molecule has 0 aliphatic heterocycles. The van der Waals surface area contributed by atoms with E-state index in [-0.39, 0.29) is 0 Å². The van der Waals surface area contributed by atoms with Gasteiger partial charge in [0.1, 0.15) is 0 Å². The van der Waals surface area contributed by atoms with E-state index in [2.05, 4.69) is 22.4 Å². The highest BCUT2D eigenvalue weighted by atomic mass is 15.3. The van der Waals surface area contributed by atoms with Gasteiger partial charge in [0.15, 0.2) is 0 Å². The zero-order valence-electron chi connectivity index (χ0n) is 8.88. The number of terminal acetylenes is 1. The lowest BCUT2D eigenvalue weighted by Gasteiger charge is -2.03. The molecule has 0 aliphatic carbocycles. The molecule has 0 saturated heterocycles. The Hall–Kier alpha value is -1.27. The van der Waals surface area contributed by atoms with Crippen LogP contribution in [0.25, 0.3) is 0 Å². The van der Waals surface area contributed by atoms with Gasteiger partial charge in [0.2, 0.25) is 0 Å². The SMILES string of the molecule is C#CCCCNCc1cc(C)nn1C. The molecule has 1 rings (SSSR count). The molecule has 1 heterocycles. The Balaban J connectivity index is 2.25. The molecule has 1 N–H and O–H groups in total. The van der Waals surface area contributed by atoms with Crippen LogP contribution in [-0.2, 0) is 13.6 Å². The number of nitrogens with zero attached hydrogens (tertiary/aromatic N) is 2. The third-order valence-electron chi connectivity index (χ3n) is 2.08. The lowest BCUT2D eigenvalue weighted by molar-refractivity contribution is 0.611. The Morgan fingerprint density at radius 2 is 2.43 bits per heavy atom. The van der Waals surface area contributed by atoms with Gasteiger partial charge in [0, 0.05) is 20.0 Å². The lowest BCUT2D eigenvalue weighted by Crippen LogP contribution is -2.16. The molecule has 76 valence electrons. The van der Waals surface area contributed by atoms with Crippen LogP contribution in [0.4, 0.5) is 0 Å². The van der Waals surface area contributed by atoms with E-state index < -0.39 is 0 Å². The van der Waals surface area contributed by atoms with Gasteiger partial charge in [-0.1, -0.05) is 0 Å². The molecule has 14 heavy (non-hydrogen) atoms. The molecule has 0 atom stereocenters. The highest BCUT2D eigenvalue weighted by Crippen LogP contribution is 2.00. The number of unbranched alkanes of at least 4 members (excludes halogenated alkanes) is 1. The van der Waals surface area contributed by atoms with Crippen molar-refractivity contribution in [2.45, 2.75) is 26.3 Å². The average molecular weight is 191 g/mol. The van der Waals surface area contributed by atoms with Gasteiger partial charge in [0.05, 0.1) is 11.4 Å². The molecule has 1 aromatic rings. The van der Waals surface area contributed by atoms with E-state index in [9.17, 15) is 0 Å². The first-order valence-corrected chi connectivity index (χ1v) is 4.87. The molecule has 3 heteroatoms. The minimum atomic E-state index is 0.845. The standard InChI is InChI=1S/C11H17N3/c1-4-5-6-7-12-9-11-8-10(2)13-14(11)3/h1,8,12H,5-7,9H2,2-3H3. The van der Waals surface area contributed by atoms with Crippen LogP contribution in [-0.4, -0.2) is 16.3 Å². The Morgan fingerprint density at radius 1 is 1.64 bits per heavy atom. The van der Waals surface area contributed by atoms with Crippen molar-refractivity contribution in [3.8, 4) is 12.3 Å². The van der Waals surface area contributed by atoms with E-state index >= 15 is 0 Å². The summed E-state index contributed by atoms with van der Waals surface area (Å²) in [5.74, 6) is 2.62. The van der Waals surface area contributed by atoms with E-state index in [0.29, 0.717) is 0 Å². The van der Waals surface area contributed by atoms with Gasteiger partial charge < -0.3 is 5.32 Å². The van der Waals surface area contributed by atoms with Crippen LogP contribution < -0.4 is 5.32 Å². The minimum Gasteiger partial charge on any atom is -0.311 e. The second-order valence-electron chi connectivity index (χ2n) is 3.39. The Labute approximate surface area is 85.5 Å². The summed E-state index contributed by atoms with van der Waals surface area (Å²) in [7, 11) is 1.96. The fraction of sp³-hybridized carbons (Fsp3) is 0.545. The van der Waals surface area contributed by atoms with Gasteiger partial charge in [0.25, 0.3) is 0 Å². The maximum atomic E-state index is 5.16. The molecular weight excluding hydrogens is 174 g/mol. The summed E-state index contributed by atoms with van der Waals surface area (Å²) in [5.41, 5.74) is 2.27. The van der Waals surface area contributed by atoms with Crippen molar-refractivity contribution in [1.29, 1.82) is 0 Å². The van der Waals surface area contributed by atoms with Crippen molar-refractivity contribution in [2.75, 3.05) is 6.54 Å². The minimum absolute atomic E-state index is 0.845. The molecule has 0 unspecified atom stereocenters. The first-order chi connectivity index (χ1) is 6.74. The van der Waals surface area contributed by atoms with Gasteiger partial charge >= 0.3 is 0 Å². The summed E-state index contributed by atoms with van der Waals surface area (Å²) in [6, 6.07) is 2.09. The quantitative estimate of drug-likeness (QED) is 0.560. The van der Waals surface area contributed by atoms with Gasteiger partial charge in [-0.2, -0.15) is 5.10 Å². The number of aromatic nitrogens is 2. The fourth-order valence-electron chi connectivity index (χ4n) is 1.36. The van der Waals surface area contributed by atoms with Crippen molar-refractivity contribution in [1.82, 2.24) is 15.1 Å². The predicted octanol–water partition coefficient (Wildman–Crippen LogP) is 1.23. The molecule has 0 fully saturated rings. The van der Waals surface area contributed by atoms with E-state index in [1.165, 1.54) is 5.69 Å². The van der Waals surface area contributed by atoms with E-state index in [0.717, 1.165) is 31.6 Å². The summed E-state index contributed by atoms with van der Waals surface area (Å²) in [4.78, 5) is 0. The summed E-state index contributed by atoms with van der Waals surface area (Å²) in [6.45, 7) is 3.83. The zero-order chi connectivity index (χ0) is 10.4. The van der Waals surface area contributed by atoms with Crippen molar-refractivity contribution >= 4 is 0 Å². The first kappa shape index (κ1) is 10.8. The van der Waals surface area contributed by atoms with Crippen LogP contribution in [0.3, 0.4) is 0 Å². The van der Waals surface area contributed by atoms with Crippen molar-refractivity contribution in [3.05, 3.63) is 17.5 Å². The number of rotatable bonds is 5. The molecule has 1 aromatic heterocycles. The van der Waals surface area contributed by atoms with Crippen LogP contribution in [0.2, 0.25) is 0 Å². The van der Waals surface area contributed by atoms with Crippen LogP contribution in [0, 0.1) is 19.3 Å². The summed E-state index contributed by atoms with van der Waals surface area (Å²) >= 11 is 0. The van der Waals surface area contributed by atoms with Crippen LogP contribution in [0.5, 0.6) is 0 Å². The lowest BCUT2D eigenvalue weighted by atomic mass is 10.3. The molecule has 0 amide bonds. The Morgan fingerprint density at radius 3 is 3.00 bits per heavy atom. The van der Waals surface area contributed by atoms with Crippen LogP contribution in [0.15, 0.2) is 6.07 Å². The number of aryl methyl sites for hydroxylation is 2. The number of hydrogen-bond donors (Lipinski definition) is 1. The second kappa shape index (κ2) is 5.46. The predicted molar refractivity (Wildman–Crippen MR) is 57.7 cm³/mol. The van der Waals surface area contributed by atoms with Gasteiger partial charge in [-0.15, -0.1) is 12.3 Å². The highest BCUT2D eigenvalue weighted by molar-refractivity contribution is 5.08. The first-order valence-electron chi connectivity index (χ1n) is 4.87. The van der Waals surface area contributed by atoms with Gasteiger partial charge in [-0.3, -0.25) is 4.68 Å². The third kappa shape index (κ3) is 3.23. The fourth-order valence-corrected chi connectivity index (χ4v) is 1.36. The monoisotopic (exact) mass is 191 g/mol. The summed E-state index contributed by atoms with van der Waals surface area (Å²) in [5, 5.41) is 7.60. The molecule has 0 aliphatic rings. The van der Waals surface area contributed by atoms with E-state index in [1.54, 1.807) is 0 Å².